The van der Waals surface area contributed by atoms with Gasteiger partial charge in [0, 0.05) is 24.0 Å². The second-order valence-corrected chi connectivity index (χ2v) is 8.55. The second-order valence-electron chi connectivity index (χ2n) is 8.55. The number of hydrogen-bond acceptors (Lipinski definition) is 4. The lowest BCUT2D eigenvalue weighted by molar-refractivity contribution is -0.115. The van der Waals surface area contributed by atoms with Crippen LogP contribution in [0.3, 0.4) is 0 Å². The molecular weight excluding hydrogens is 436 g/mol. The predicted octanol–water partition coefficient (Wildman–Crippen LogP) is 7.37. The summed E-state index contributed by atoms with van der Waals surface area (Å²) in [4.78, 5) is 23.4. The van der Waals surface area contributed by atoms with E-state index in [0.717, 1.165) is 55.3 Å². The molecule has 0 radical (unpaired) electrons. The maximum atomic E-state index is 11.7. The standard InChI is InChI=1S/C31H26O4/c1-3-24(32)11-5-20-7-13-26-22(17-20)9-15-28-30(26)31-27-14-8-21(6-12-25(33)4-2)18-23(27)10-16-29(31)35-19-34-28/h5-18H,3-4,19H2,1-2H3/b11-5-,12-6-. The Labute approximate surface area is 204 Å². The van der Waals surface area contributed by atoms with Crippen LogP contribution in [-0.4, -0.2) is 18.4 Å². The molecule has 1 aliphatic heterocycles. The zero-order chi connectivity index (χ0) is 24.4. The Kier molecular flexibility index (Phi) is 6.19. The molecule has 35 heavy (non-hydrogen) atoms. The minimum absolute atomic E-state index is 0.103. The smallest absolute Gasteiger partial charge is 0.230 e. The van der Waals surface area contributed by atoms with Crippen molar-refractivity contribution in [3.63, 3.8) is 0 Å². The van der Waals surface area contributed by atoms with Gasteiger partial charge in [-0.1, -0.05) is 62.4 Å². The molecule has 0 aromatic heterocycles. The molecule has 0 fully saturated rings. The molecule has 0 saturated carbocycles. The van der Waals surface area contributed by atoms with Gasteiger partial charge in [-0.2, -0.15) is 0 Å². The molecule has 0 aliphatic carbocycles. The summed E-state index contributed by atoms with van der Waals surface area (Å²) in [5, 5.41) is 4.22. The fourth-order valence-corrected chi connectivity index (χ4v) is 4.39. The summed E-state index contributed by atoms with van der Waals surface area (Å²) in [5.74, 6) is 1.74. The van der Waals surface area contributed by atoms with Gasteiger partial charge in [0.05, 0.1) is 0 Å². The highest BCUT2D eigenvalue weighted by Crippen LogP contribution is 2.47. The molecule has 0 bridgehead atoms. The highest BCUT2D eigenvalue weighted by atomic mass is 16.7. The Hall–Kier alpha value is -4.18. The van der Waals surface area contributed by atoms with Crippen LogP contribution in [0.1, 0.15) is 37.8 Å². The number of ketones is 2. The molecule has 1 aliphatic rings. The van der Waals surface area contributed by atoms with Crippen LogP contribution >= 0.6 is 0 Å². The number of carbonyl (C=O) groups excluding carboxylic acids is 2. The number of benzene rings is 4. The first-order valence-corrected chi connectivity index (χ1v) is 11.9. The van der Waals surface area contributed by atoms with E-state index in [0.29, 0.717) is 12.8 Å². The van der Waals surface area contributed by atoms with Crippen molar-refractivity contribution in [3.8, 4) is 22.6 Å². The first-order valence-electron chi connectivity index (χ1n) is 11.9. The topological polar surface area (TPSA) is 52.6 Å². The number of ether oxygens (including phenoxy) is 2. The predicted molar refractivity (Wildman–Crippen MR) is 142 cm³/mol. The Morgan fingerprint density at radius 3 is 1.57 bits per heavy atom. The Morgan fingerprint density at radius 2 is 1.14 bits per heavy atom. The van der Waals surface area contributed by atoms with Gasteiger partial charge in [-0.25, -0.2) is 0 Å². The highest BCUT2D eigenvalue weighted by Gasteiger charge is 2.22. The van der Waals surface area contributed by atoms with E-state index < -0.39 is 0 Å². The minimum atomic E-state index is 0.103. The van der Waals surface area contributed by atoms with Crippen molar-refractivity contribution < 1.29 is 19.1 Å². The molecule has 4 nitrogen and oxygen atoms in total. The van der Waals surface area contributed by atoms with Gasteiger partial charge < -0.3 is 9.47 Å². The van der Waals surface area contributed by atoms with Crippen molar-refractivity contribution in [1.82, 2.24) is 0 Å². The summed E-state index contributed by atoms with van der Waals surface area (Å²) in [7, 11) is 0. The Balaban J connectivity index is 1.68. The van der Waals surface area contributed by atoms with E-state index in [2.05, 4.69) is 24.3 Å². The van der Waals surface area contributed by atoms with Crippen molar-refractivity contribution in [2.24, 2.45) is 0 Å². The summed E-state index contributed by atoms with van der Waals surface area (Å²) in [6.07, 6.45) is 7.96. The number of rotatable bonds is 6. The van der Waals surface area contributed by atoms with Crippen molar-refractivity contribution in [1.29, 1.82) is 0 Å². The molecular formula is C31H26O4. The molecule has 174 valence electrons. The lowest BCUT2D eigenvalue weighted by Gasteiger charge is -2.14. The maximum Gasteiger partial charge on any atom is 0.230 e. The third-order valence-electron chi connectivity index (χ3n) is 6.31. The number of fused-ring (bicyclic) bond motifs is 7. The molecule has 5 rings (SSSR count). The average Bonchev–Trinajstić information content (AvgIpc) is 3.09. The van der Waals surface area contributed by atoms with Gasteiger partial charge in [0.25, 0.3) is 0 Å². The second kappa shape index (κ2) is 9.59. The van der Waals surface area contributed by atoms with Gasteiger partial charge in [-0.3, -0.25) is 9.59 Å². The quantitative estimate of drug-likeness (QED) is 0.281. The summed E-state index contributed by atoms with van der Waals surface area (Å²) in [5.41, 5.74) is 3.93. The van der Waals surface area contributed by atoms with E-state index in [1.807, 2.05) is 62.4 Å². The Bertz CT molecular complexity index is 1410. The van der Waals surface area contributed by atoms with E-state index >= 15 is 0 Å². The average molecular weight is 463 g/mol. The fraction of sp³-hybridized carbons (Fsp3) is 0.161. The Morgan fingerprint density at radius 1 is 0.686 bits per heavy atom. The highest BCUT2D eigenvalue weighted by molar-refractivity contribution is 6.10. The van der Waals surface area contributed by atoms with Crippen LogP contribution in [0.4, 0.5) is 0 Å². The molecule has 4 aromatic carbocycles. The fourth-order valence-electron chi connectivity index (χ4n) is 4.39. The van der Waals surface area contributed by atoms with Crippen LogP contribution in [0.15, 0.2) is 72.8 Å². The van der Waals surface area contributed by atoms with E-state index in [9.17, 15) is 9.59 Å². The van der Waals surface area contributed by atoms with Gasteiger partial charge in [0.2, 0.25) is 6.79 Å². The van der Waals surface area contributed by atoms with E-state index in [4.69, 9.17) is 9.47 Å². The van der Waals surface area contributed by atoms with E-state index in [-0.39, 0.29) is 18.4 Å². The molecule has 4 heteroatoms. The third kappa shape index (κ3) is 4.47. The van der Waals surface area contributed by atoms with Crippen molar-refractivity contribution in [2.45, 2.75) is 26.7 Å². The van der Waals surface area contributed by atoms with Crippen LogP contribution in [-0.2, 0) is 9.59 Å². The number of hydrogen-bond donors (Lipinski definition) is 0. The van der Waals surface area contributed by atoms with Gasteiger partial charge in [-0.15, -0.1) is 0 Å². The van der Waals surface area contributed by atoms with Crippen molar-refractivity contribution in [3.05, 3.63) is 83.9 Å². The molecule has 0 spiro atoms. The zero-order valence-electron chi connectivity index (χ0n) is 19.8. The van der Waals surface area contributed by atoms with Gasteiger partial charge in [0.1, 0.15) is 11.5 Å². The van der Waals surface area contributed by atoms with Gasteiger partial charge >= 0.3 is 0 Å². The normalized spacial score (nSPS) is 12.9. The lowest BCUT2D eigenvalue weighted by Crippen LogP contribution is -2.03. The summed E-state index contributed by atoms with van der Waals surface area (Å²) in [6.45, 7) is 3.85. The molecule has 0 atom stereocenters. The molecule has 0 saturated heterocycles. The van der Waals surface area contributed by atoms with Crippen LogP contribution in [0, 0.1) is 0 Å². The minimum Gasteiger partial charge on any atom is -0.457 e. The SMILES string of the molecule is CCC(=O)/C=C\c1ccc2c3c(ccc2c1)OCOc1ccc2cc(/C=C\C(=O)CC)ccc2c1-3. The van der Waals surface area contributed by atoms with Gasteiger partial charge in [-0.05, 0) is 69.1 Å². The molecule has 1 heterocycles. The van der Waals surface area contributed by atoms with Crippen molar-refractivity contribution >= 4 is 45.3 Å². The molecule has 0 unspecified atom stereocenters. The largest absolute Gasteiger partial charge is 0.457 e. The third-order valence-corrected chi connectivity index (χ3v) is 6.31. The monoisotopic (exact) mass is 462 g/mol. The van der Waals surface area contributed by atoms with Crippen LogP contribution < -0.4 is 9.47 Å². The van der Waals surface area contributed by atoms with Crippen LogP contribution in [0.5, 0.6) is 11.5 Å². The molecule has 0 amide bonds. The van der Waals surface area contributed by atoms with E-state index in [1.54, 1.807) is 12.2 Å². The first kappa shape index (κ1) is 22.6. The molecule has 4 aromatic rings. The first-order chi connectivity index (χ1) is 17.1. The summed E-state index contributed by atoms with van der Waals surface area (Å²) < 4.78 is 12.0. The summed E-state index contributed by atoms with van der Waals surface area (Å²) in [6, 6.07) is 20.4. The lowest BCUT2D eigenvalue weighted by atomic mass is 9.91. The van der Waals surface area contributed by atoms with Crippen molar-refractivity contribution in [2.75, 3.05) is 6.79 Å². The number of allylic oxidation sites excluding steroid dienone is 2. The molecule has 0 N–H and O–H groups in total. The van der Waals surface area contributed by atoms with Crippen LogP contribution in [0.25, 0.3) is 44.8 Å². The number of carbonyl (C=O) groups is 2. The summed E-state index contributed by atoms with van der Waals surface area (Å²) >= 11 is 0. The van der Waals surface area contributed by atoms with E-state index in [1.165, 1.54) is 0 Å². The van der Waals surface area contributed by atoms with Gasteiger partial charge in [0.15, 0.2) is 11.6 Å². The maximum absolute atomic E-state index is 11.7. The zero-order valence-corrected chi connectivity index (χ0v) is 19.8. The van der Waals surface area contributed by atoms with Crippen LogP contribution in [0.2, 0.25) is 0 Å².